The molecule has 0 aliphatic heterocycles. The fourth-order valence-corrected chi connectivity index (χ4v) is 2.52. The second-order valence-electron chi connectivity index (χ2n) is 4.38. The van der Waals surface area contributed by atoms with Crippen LogP contribution in [0.15, 0.2) is 23.6 Å². The highest BCUT2D eigenvalue weighted by molar-refractivity contribution is 7.09. The number of thiazole rings is 1. The summed E-state index contributed by atoms with van der Waals surface area (Å²) in [4.78, 5) is 15.2. The second kappa shape index (κ2) is 7.05. The van der Waals surface area contributed by atoms with Crippen molar-refractivity contribution in [1.82, 2.24) is 4.98 Å². The maximum absolute atomic E-state index is 10.7. The van der Waals surface area contributed by atoms with Crippen LogP contribution in [-0.4, -0.2) is 31.2 Å². The van der Waals surface area contributed by atoms with Crippen molar-refractivity contribution in [3.05, 3.63) is 28.6 Å². The number of rotatable bonds is 7. The lowest BCUT2D eigenvalue weighted by molar-refractivity contribution is -0.119. The summed E-state index contributed by atoms with van der Waals surface area (Å²) in [5.41, 5.74) is 13.1. The SMILES string of the molecule is COCCc1nc(-c2ccc(OCC(N)=O)c(N)c2)cs1. The van der Waals surface area contributed by atoms with E-state index in [1.54, 1.807) is 30.6 Å². The zero-order chi connectivity index (χ0) is 15.2. The van der Waals surface area contributed by atoms with Gasteiger partial charge < -0.3 is 20.9 Å². The van der Waals surface area contributed by atoms with Crippen LogP contribution in [0.25, 0.3) is 11.3 Å². The number of nitrogens with zero attached hydrogens (tertiary/aromatic N) is 1. The lowest BCUT2D eigenvalue weighted by atomic mass is 10.1. The van der Waals surface area contributed by atoms with Gasteiger partial charge in [0.2, 0.25) is 0 Å². The van der Waals surface area contributed by atoms with Gasteiger partial charge in [-0.2, -0.15) is 0 Å². The predicted molar refractivity (Wildman–Crippen MR) is 82.2 cm³/mol. The third-order valence-electron chi connectivity index (χ3n) is 2.75. The number of hydrogen-bond acceptors (Lipinski definition) is 6. The molecule has 0 atom stereocenters. The maximum atomic E-state index is 10.7. The van der Waals surface area contributed by atoms with E-state index in [9.17, 15) is 4.79 Å². The van der Waals surface area contributed by atoms with Gasteiger partial charge in [0.05, 0.1) is 23.0 Å². The van der Waals surface area contributed by atoms with Gasteiger partial charge in [-0.25, -0.2) is 4.98 Å². The Morgan fingerprint density at radius 3 is 2.90 bits per heavy atom. The average Bonchev–Trinajstić information content (AvgIpc) is 2.92. The van der Waals surface area contributed by atoms with E-state index in [1.165, 1.54) is 0 Å². The Bertz CT molecular complexity index is 628. The fourth-order valence-electron chi connectivity index (χ4n) is 1.74. The summed E-state index contributed by atoms with van der Waals surface area (Å²) in [5.74, 6) is -0.104. The van der Waals surface area contributed by atoms with E-state index in [2.05, 4.69) is 4.98 Å². The number of hydrogen-bond donors (Lipinski definition) is 2. The molecule has 0 aliphatic rings. The molecule has 1 aromatic carbocycles. The number of carbonyl (C=O) groups is 1. The molecule has 4 N–H and O–H groups in total. The summed E-state index contributed by atoms with van der Waals surface area (Å²) in [7, 11) is 1.67. The van der Waals surface area contributed by atoms with Gasteiger partial charge in [0.25, 0.3) is 5.91 Å². The van der Waals surface area contributed by atoms with Crippen LogP contribution >= 0.6 is 11.3 Å². The quantitative estimate of drug-likeness (QED) is 0.754. The highest BCUT2D eigenvalue weighted by atomic mass is 32.1. The number of aromatic nitrogens is 1. The minimum absolute atomic E-state index is 0.193. The van der Waals surface area contributed by atoms with Crippen molar-refractivity contribution in [3.8, 4) is 17.0 Å². The number of nitrogen functional groups attached to an aromatic ring is 1. The molecule has 0 radical (unpaired) electrons. The van der Waals surface area contributed by atoms with Crippen molar-refractivity contribution in [3.63, 3.8) is 0 Å². The van der Waals surface area contributed by atoms with Crippen LogP contribution in [-0.2, 0) is 16.0 Å². The molecule has 7 heteroatoms. The number of primary amides is 1. The number of nitrogens with two attached hydrogens (primary N) is 2. The first-order valence-corrected chi connectivity index (χ1v) is 7.22. The summed E-state index contributed by atoms with van der Waals surface area (Å²) in [6, 6.07) is 5.33. The number of amides is 1. The fraction of sp³-hybridized carbons (Fsp3) is 0.286. The maximum Gasteiger partial charge on any atom is 0.255 e. The molecule has 0 fully saturated rings. The smallest absolute Gasteiger partial charge is 0.255 e. The summed E-state index contributed by atoms with van der Waals surface area (Å²) in [6.45, 7) is 0.455. The van der Waals surface area contributed by atoms with Gasteiger partial charge >= 0.3 is 0 Å². The standard InChI is InChI=1S/C14H17N3O3S/c1-19-5-4-14-17-11(8-21-14)9-2-3-12(10(15)6-9)20-7-13(16)18/h2-3,6,8H,4-5,7,15H2,1H3,(H2,16,18). The average molecular weight is 307 g/mol. The second-order valence-corrected chi connectivity index (χ2v) is 5.32. The van der Waals surface area contributed by atoms with Crippen LogP contribution in [0.5, 0.6) is 5.75 Å². The van der Waals surface area contributed by atoms with Crippen molar-refractivity contribution in [2.75, 3.05) is 26.1 Å². The van der Waals surface area contributed by atoms with Crippen LogP contribution < -0.4 is 16.2 Å². The topological polar surface area (TPSA) is 100 Å². The Kier molecular flexibility index (Phi) is 5.13. The number of benzene rings is 1. The van der Waals surface area contributed by atoms with Crippen LogP contribution in [0.2, 0.25) is 0 Å². The number of methoxy groups -OCH3 is 1. The minimum atomic E-state index is -0.541. The van der Waals surface area contributed by atoms with Gasteiger partial charge in [0.15, 0.2) is 6.61 Å². The molecule has 0 aliphatic carbocycles. The number of ether oxygens (including phenoxy) is 2. The molecule has 1 heterocycles. The Labute approximate surface area is 126 Å². The predicted octanol–water partition coefficient (Wildman–Crippen LogP) is 1.45. The van der Waals surface area contributed by atoms with Crippen molar-refractivity contribution < 1.29 is 14.3 Å². The first-order valence-electron chi connectivity index (χ1n) is 6.34. The Hall–Kier alpha value is -2.12. The van der Waals surface area contributed by atoms with E-state index in [-0.39, 0.29) is 6.61 Å². The Morgan fingerprint density at radius 1 is 1.43 bits per heavy atom. The zero-order valence-corrected chi connectivity index (χ0v) is 12.5. The molecule has 2 aromatic rings. The first kappa shape index (κ1) is 15.3. The van der Waals surface area contributed by atoms with Crippen molar-refractivity contribution in [2.24, 2.45) is 5.73 Å². The van der Waals surface area contributed by atoms with Crippen LogP contribution in [0.4, 0.5) is 5.69 Å². The molecule has 0 saturated heterocycles. The van der Waals surface area contributed by atoms with E-state index in [4.69, 9.17) is 20.9 Å². The van der Waals surface area contributed by atoms with Gasteiger partial charge in [-0.1, -0.05) is 0 Å². The first-order chi connectivity index (χ1) is 10.1. The largest absolute Gasteiger partial charge is 0.482 e. The molecule has 2 rings (SSSR count). The van der Waals surface area contributed by atoms with E-state index >= 15 is 0 Å². The van der Waals surface area contributed by atoms with Crippen LogP contribution in [0.3, 0.4) is 0 Å². The summed E-state index contributed by atoms with van der Waals surface area (Å²) < 4.78 is 10.2. The van der Waals surface area contributed by atoms with Crippen LogP contribution in [0, 0.1) is 0 Å². The third-order valence-corrected chi connectivity index (χ3v) is 3.66. The van der Waals surface area contributed by atoms with E-state index in [0.29, 0.717) is 18.0 Å². The summed E-state index contributed by atoms with van der Waals surface area (Å²) in [6.07, 6.45) is 0.788. The molecule has 112 valence electrons. The van der Waals surface area contributed by atoms with Crippen LogP contribution in [0.1, 0.15) is 5.01 Å². The Morgan fingerprint density at radius 2 is 2.24 bits per heavy atom. The summed E-state index contributed by atoms with van der Waals surface area (Å²) in [5, 5.41) is 2.99. The molecular weight excluding hydrogens is 290 g/mol. The summed E-state index contributed by atoms with van der Waals surface area (Å²) >= 11 is 1.58. The van der Waals surface area contributed by atoms with E-state index < -0.39 is 5.91 Å². The van der Waals surface area contributed by atoms with Gasteiger partial charge in [0, 0.05) is 24.5 Å². The zero-order valence-electron chi connectivity index (χ0n) is 11.7. The highest BCUT2D eigenvalue weighted by Gasteiger charge is 2.08. The normalized spacial score (nSPS) is 10.5. The lowest BCUT2D eigenvalue weighted by Crippen LogP contribution is -2.20. The van der Waals surface area contributed by atoms with Crippen molar-refractivity contribution in [2.45, 2.75) is 6.42 Å². The highest BCUT2D eigenvalue weighted by Crippen LogP contribution is 2.29. The molecule has 1 amide bonds. The molecule has 21 heavy (non-hydrogen) atoms. The molecule has 0 spiro atoms. The number of anilines is 1. The molecule has 0 unspecified atom stereocenters. The van der Waals surface area contributed by atoms with E-state index in [0.717, 1.165) is 22.7 Å². The third kappa shape index (κ3) is 4.17. The van der Waals surface area contributed by atoms with Gasteiger partial charge in [-0.05, 0) is 18.2 Å². The number of carbonyl (C=O) groups excluding carboxylic acids is 1. The van der Waals surface area contributed by atoms with E-state index in [1.807, 2.05) is 11.4 Å². The van der Waals surface area contributed by atoms with Gasteiger partial charge in [-0.15, -0.1) is 11.3 Å². The molecule has 1 aromatic heterocycles. The van der Waals surface area contributed by atoms with Gasteiger partial charge in [0.1, 0.15) is 5.75 Å². The Balaban J connectivity index is 2.11. The molecular formula is C14H17N3O3S. The molecule has 0 saturated carbocycles. The monoisotopic (exact) mass is 307 g/mol. The van der Waals surface area contributed by atoms with Crippen molar-refractivity contribution in [1.29, 1.82) is 0 Å². The molecule has 6 nitrogen and oxygen atoms in total. The minimum Gasteiger partial charge on any atom is -0.482 e. The molecule has 0 bridgehead atoms. The van der Waals surface area contributed by atoms with Crippen molar-refractivity contribution >= 4 is 22.9 Å². The lowest BCUT2D eigenvalue weighted by Gasteiger charge is -2.08. The van der Waals surface area contributed by atoms with Gasteiger partial charge in [-0.3, -0.25) is 4.79 Å².